The fraction of sp³-hybridized carbons (Fsp3) is 0.143. The van der Waals surface area contributed by atoms with Gasteiger partial charge in [-0.05, 0) is 42.6 Å². The van der Waals surface area contributed by atoms with E-state index in [1.54, 1.807) is 35.6 Å². The standard InChI is InChI=1S/C21H21N3O2S/c1-14(21(26)24-17-11-9-16(10-12-17)20(22)25)23-19(18-8-5-13-27-18)15-6-3-2-4-7-15/h2-14,19,23H,1H3,(H2,22,25)(H,24,26)/p+1/t14-,19-/m1/s1. The van der Waals surface area contributed by atoms with E-state index in [9.17, 15) is 9.59 Å². The van der Waals surface area contributed by atoms with Crippen LogP contribution in [0.2, 0.25) is 0 Å². The molecule has 0 unspecified atom stereocenters. The summed E-state index contributed by atoms with van der Waals surface area (Å²) in [5, 5.41) is 7.00. The van der Waals surface area contributed by atoms with E-state index >= 15 is 0 Å². The number of amides is 2. The Labute approximate surface area is 162 Å². The molecule has 0 saturated heterocycles. The predicted octanol–water partition coefficient (Wildman–Crippen LogP) is 2.53. The fourth-order valence-corrected chi connectivity index (χ4v) is 3.68. The van der Waals surface area contributed by atoms with E-state index in [4.69, 9.17) is 5.73 Å². The van der Waals surface area contributed by atoms with Crippen LogP contribution in [0.4, 0.5) is 5.69 Å². The fourth-order valence-electron chi connectivity index (χ4n) is 2.85. The molecule has 0 aliphatic heterocycles. The Kier molecular flexibility index (Phi) is 6.01. The molecule has 1 aromatic heterocycles. The van der Waals surface area contributed by atoms with E-state index in [2.05, 4.69) is 28.8 Å². The molecule has 1 heterocycles. The third-order valence-electron chi connectivity index (χ3n) is 4.34. The molecule has 0 aliphatic carbocycles. The lowest BCUT2D eigenvalue weighted by Gasteiger charge is -2.19. The van der Waals surface area contributed by atoms with Gasteiger partial charge in [-0.15, -0.1) is 11.3 Å². The van der Waals surface area contributed by atoms with Gasteiger partial charge in [0.05, 0.1) is 4.88 Å². The van der Waals surface area contributed by atoms with Crippen molar-refractivity contribution in [2.75, 3.05) is 5.32 Å². The summed E-state index contributed by atoms with van der Waals surface area (Å²) < 4.78 is 0. The Morgan fingerprint density at radius 3 is 2.30 bits per heavy atom. The van der Waals surface area contributed by atoms with Gasteiger partial charge in [0, 0.05) is 16.8 Å². The zero-order valence-electron chi connectivity index (χ0n) is 15.0. The number of thiophene rings is 1. The molecule has 0 bridgehead atoms. The highest BCUT2D eigenvalue weighted by Gasteiger charge is 2.25. The summed E-state index contributed by atoms with van der Waals surface area (Å²) in [5.74, 6) is -0.587. The molecule has 2 aromatic carbocycles. The number of quaternary nitrogens is 1. The maximum absolute atomic E-state index is 12.6. The highest BCUT2D eigenvalue weighted by Crippen LogP contribution is 2.22. The zero-order valence-corrected chi connectivity index (χ0v) is 15.8. The summed E-state index contributed by atoms with van der Waals surface area (Å²) in [6.07, 6.45) is 0. The number of rotatable bonds is 7. The second kappa shape index (κ2) is 8.62. The van der Waals surface area contributed by atoms with Crippen molar-refractivity contribution in [3.8, 4) is 0 Å². The zero-order chi connectivity index (χ0) is 19.2. The number of carbonyl (C=O) groups is 2. The van der Waals surface area contributed by atoms with Gasteiger partial charge in [-0.1, -0.05) is 36.4 Å². The van der Waals surface area contributed by atoms with Gasteiger partial charge in [0.2, 0.25) is 5.91 Å². The number of hydrogen-bond acceptors (Lipinski definition) is 3. The highest BCUT2D eigenvalue weighted by atomic mass is 32.1. The van der Waals surface area contributed by atoms with Crippen LogP contribution in [0.1, 0.15) is 33.8 Å². The molecule has 3 aromatic rings. The lowest BCUT2D eigenvalue weighted by molar-refractivity contribution is -0.703. The summed E-state index contributed by atoms with van der Waals surface area (Å²) in [6, 6.07) is 20.6. The van der Waals surface area contributed by atoms with Crippen LogP contribution in [-0.4, -0.2) is 17.9 Å². The molecule has 0 spiro atoms. The van der Waals surface area contributed by atoms with Crippen molar-refractivity contribution in [3.05, 3.63) is 88.1 Å². The first-order valence-corrected chi connectivity index (χ1v) is 9.56. The number of nitrogens with one attached hydrogen (secondary N) is 1. The molecular weight excluding hydrogens is 358 g/mol. The van der Waals surface area contributed by atoms with Crippen LogP contribution in [0.5, 0.6) is 0 Å². The van der Waals surface area contributed by atoms with Crippen molar-refractivity contribution in [2.24, 2.45) is 5.73 Å². The van der Waals surface area contributed by atoms with Crippen molar-refractivity contribution in [1.29, 1.82) is 0 Å². The SMILES string of the molecule is C[C@@H]([NH2+][C@H](c1ccccc1)c1cccs1)C(=O)Nc1ccc(C(N)=O)cc1. The van der Waals surface area contributed by atoms with Gasteiger partial charge in [0.25, 0.3) is 5.91 Å². The quantitative estimate of drug-likeness (QED) is 0.588. The van der Waals surface area contributed by atoms with E-state index in [-0.39, 0.29) is 18.0 Å². The first kappa shape index (κ1) is 18.8. The van der Waals surface area contributed by atoms with Crippen LogP contribution in [-0.2, 0) is 4.79 Å². The Morgan fingerprint density at radius 2 is 1.70 bits per heavy atom. The highest BCUT2D eigenvalue weighted by molar-refractivity contribution is 7.10. The minimum absolute atomic E-state index is 0.0594. The molecule has 0 saturated carbocycles. The summed E-state index contributed by atoms with van der Waals surface area (Å²) in [6.45, 7) is 1.89. The van der Waals surface area contributed by atoms with E-state index in [1.165, 1.54) is 4.88 Å². The number of nitrogens with two attached hydrogens (primary N) is 2. The van der Waals surface area contributed by atoms with Crippen molar-refractivity contribution >= 4 is 28.8 Å². The van der Waals surface area contributed by atoms with Crippen LogP contribution < -0.4 is 16.4 Å². The maximum atomic E-state index is 12.6. The third kappa shape index (κ3) is 4.81. The van der Waals surface area contributed by atoms with E-state index in [0.717, 1.165) is 5.56 Å². The van der Waals surface area contributed by atoms with Gasteiger partial charge in [-0.2, -0.15) is 0 Å². The van der Waals surface area contributed by atoms with Gasteiger partial charge < -0.3 is 16.4 Å². The summed E-state index contributed by atoms with van der Waals surface area (Å²) in [5.41, 5.74) is 7.45. The monoisotopic (exact) mass is 380 g/mol. The van der Waals surface area contributed by atoms with E-state index in [0.29, 0.717) is 11.3 Å². The molecule has 27 heavy (non-hydrogen) atoms. The van der Waals surface area contributed by atoms with Gasteiger partial charge in [-0.25, -0.2) is 0 Å². The number of anilines is 1. The minimum atomic E-state index is -0.490. The van der Waals surface area contributed by atoms with Crippen LogP contribution in [0.15, 0.2) is 72.1 Å². The van der Waals surface area contributed by atoms with Crippen LogP contribution in [0, 0.1) is 0 Å². The maximum Gasteiger partial charge on any atom is 0.282 e. The van der Waals surface area contributed by atoms with Crippen molar-refractivity contribution in [3.63, 3.8) is 0 Å². The Morgan fingerprint density at radius 1 is 1.00 bits per heavy atom. The summed E-state index contributed by atoms with van der Waals surface area (Å²) >= 11 is 1.68. The number of benzene rings is 2. The molecule has 3 rings (SSSR count). The summed E-state index contributed by atoms with van der Waals surface area (Å²) in [7, 11) is 0. The first-order valence-electron chi connectivity index (χ1n) is 8.68. The molecule has 2 atom stereocenters. The van der Waals surface area contributed by atoms with Crippen LogP contribution in [0.3, 0.4) is 0 Å². The normalized spacial score (nSPS) is 12.9. The largest absolute Gasteiger partial charge is 0.366 e. The van der Waals surface area contributed by atoms with E-state index in [1.807, 2.05) is 36.6 Å². The second-order valence-corrected chi connectivity index (χ2v) is 7.30. The number of carbonyl (C=O) groups excluding carboxylic acids is 2. The Hall–Kier alpha value is -2.96. The molecule has 2 amide bonds. The smallest absolute Gasteiger partial charge is 0.282 e. The molecule has 138 valence electrons. The van der Waals surface area contributed by atoms with Gasteiger partial charge in [0.15, 0.2) is 6.04 Å². The van der Waals surface area contributed by atoms with Crippen molar-refractivity contribution in [1.82, 2.24) is 0 Å². The molecule has 0 aliphatic rings. The number of hydrogen-bond donors (Lipinski definition) is 3. The van der Waals surface area contributed by atoms with Gasteiger partial charge in [-0.3, -0.25) is 9.59 Å². The van der Waals surface area contributed by atoms with E-state index < -0.39 is 5.91 Å². The van der Waals surface area contributed by atoms with Gasteiger partial charge in [0.1, 0.15) is 6.04 Å². The molecular formula is C21H22N3O2S+. The summed E-state index contributed by atoms with van der Waals surface area (Å²) in [4.78, 5) is 25.0. The Balaban J connectivity index is 1.70. The molecule has 5 N–H and O–H groups in total. The second-order valence-electron chi connectivity index (χ2n) is 6.32. The number of primary amides is 1. The molecule has 5 nitrogen and oxygen atoms in total. The first-order chi connectivity index (χ1) is 13.0. The van der Waals surface area contributed by atoms with Gasteiger partial charge >= 0.3 is 0 Å². The van der Waals surface area contributed by atoms with Crippen LogP contribution >= 0.6 is 11.3 Å². The molecule has 6 heteroatoms. The predicted molar refractivity (Wildman–Crippen MR) is 108 cm³/mol. The van der Waals surface area contributed by atoms with Crippen molar-refractivity contribution in [2.45, 2.75) is 19.0 Å². The lowest BCUT2D eigenvalue weighted by atomic mass is 10.0. The minimum Gasteiger partial charge on any atom is -0.366 e. The average molecular weight is 380 g/mol. The Bertz CT molecular complexity index is 893. The van der Waals surface area contributed by atoms with Crippen molar-refractivity contribution < 1.29 is 14.9 Å². The molecule has 0 radical (unpaired) electrons. The topological polar surface area (TPSA) is 88.8 Å². The third-order valence-corrected chi connectivity index (χ3v) is 5.30. The lowest BCUT2D eigenvalue weighted by Crippen LogP contribution is -2.92. The average Bonchev–Trinajstić information content (AvgIpc) is 3.21. The van der Waals surface area contributed by atoms with Crippen LogP contribution in [0.25, 0.3) is 0 Å². The molecule has 0 fully saturated rings.